The molecular weight excluding hydrogens is 372 g/mol. The number of fused-ring (bicyclic) bond motifs is 2. The summed E-state index contributed by atoms with van der Waals surface area (Å²) in [7, 11) is 0. The maximum absolute atomic E-state index is 14.3. The molecule has 4 aromatic rings. The maximum Gasteiger partial charge on any atom is 0.248 e. The standard InChI is InChI=1S/C23H21F2N3O/c1-2-5-13-10-16(13)23-26-18-6-3-4-7-19(18)28(23)12-14-11-20(29)27-22-15(14)8-9-17(24)21(22)25/h3-4,6-9,11,13,16H,2,5,10,12H2,1H3,(H,27,29). The summed E-state index contributed by atoms with van der Waals surface area (Å²) in [4.78, 5) is 19.5. The Labute approximate surface area is 166 Å². The van der Waals surface area contributed by atoms with E-state index in [1.165, 1.54) is 18.6 Å². The van der Waals surface area contributed by atoms with E-state index in [1.54, 1.807) is 0 Å². The van der Waals surface area contributed by atoms with Crippen molar-refractivity contribution < 1.29 is 8.78 Å². The van der Waals surface area contributed by atoms with Crippen LogP contribution in [0.3, 0.4) is 0 Å². The zero-order valence-corrected chi connectivity index (χ0v) is 16.1. The molecule has 2 atom stereocenters. The lowest BCUT2D eigenvalue weighted by molar-refractivity contribution is 0.515. The molecule has 0 saturated heterocycles. The third-order valence-electron chi connectivity index (χ3n) is 5.92. The van der Waals surface area contributed by atoms with Gasteiger partial charge in [-0.1, -0.05) is 25.5 Å². The predicted molar refractivity (Wildman–Crippen MR) is 109 cm³/mol. The number of hydrogen-bond acceptors (Lipinski definition) is 2. The molecule has 1 N–H and O–H groups in total. The van der Waals surface area contributed by atoms with Crippen LogP contribution in [0, 0.1) is 17.6 Å². The number of nitrogens with one attached hydrogen (secondary N) is 1. The van der Waals surface area contributed by atoms with E-state index in [9.17, 15) is 13.6 Å². The summed E-state index contributed by atoms with van der Waals surface area (Å²) in [6.07, 6.45) is 3.43. The van der Waals surface area contributed by atoms with Crippen LogP contribution in [-0.4, -0.2) is 14.5 Å². The average Bonchev–Trinajstić information content (AvgIpc) is 3.38. The van der Waals surface area contributed by atoms with Crippen LogP contribution in [0.5, 0.6) is 0 Å². The number of rotatable bonds is 5. The third-order valence-corrected chi connectivity index (χ3v) is 5.92. The molecule has 2 heterocycles. The van der Waals surface area contributed by atoms with Gasteiger partial charge in [-0.3, -0.25) is 4.79 Å². The van der Waals surface area contributed by atoms with Crippen molar-refractivity contribution in [2.75, 3.05) is 0 Å². The van der Waals surface area contributed by atoms with Crippen molar-refractivity contribution in [3.05, 3.63) is 75.8 Å². The second-order valence-electron chi connectivity index (χ2n) is 7.88. The van der Waals surface area contributed by atoms with E-state index in [0.717, 1.165) is 35.8 Å². The van der Waals surface area contributed by atoms with Crippen LogP contribution in [-0.2, 0) is 6.54 Å². The predicted octanol–water partition coefficient (Wildman–Crippen LogP) is 5.11. The topological polar surface area (TPSA) is 50.7 Å². The van der Waals surface area contributed by atoms with Gasteiger partial charge in [-0.2, -0.15) is 0 Å². The molecule has 1 aliphatic carbocycles. The number of nitrogens with zero attached hydrogens (tertiary/aromatic N) is 2. The zero-order chi connectivity index (χ0) is 20.1. The Hall–Kier alpha value is -3.02. The highest BCUT2D eigenvalue weighted by atomic mass is 19.2. The highest BCUT2D eigenvalue weighted by Crippen LogP contribution is 2.50. The number of pyridine rings is 1. The molecule has 0 amide bonds. The van der Waals surface area contributed by atoms with Gasteiger partial charge in [0.2, 0.25) is 5.56 Å². The molecule has 1 fully saturated rings. The van der Waals surface area contributed by atoms with E-state index in [2.05, 4.69) is 16.5 Å². The molecule has 2 aromatic heterocycles. The average molecular weight is 393 g/mol. The largest absolute Gasteiger partial charge is 0.323 e. The summed E-state index contributed by atoms with van der Waals surface area (Å²) >= 11 is 0. The first-order valence-electron chi connectivity index (χ1n) is 10.0. The quantitative estimate of drug-likeness (QED) is 0.512. The molecule has 0 radical (unpaired) electrons. The molecule has 0 aliphatic heterocycles. The van der Waals surface area contributed by atoms with Gasteiger partial charge in [0, 0.05) is 17.4 Å². The van der Waals surface area contributed by atoms with Gasteiger partial charge in [0.15, 0.2) is 11.6 Å². The van der Waals surface area contributed by atoms with Gasteiger partial charge in [0.05, 0.1) is 23.1 Å². The lowest BCUT2D eigenvalue weighted by atomic mass is 10.1. The van der Waals surface area contributed by atoms with E-state index in [4.69, 9.17) is 4.98 Å². The molecule has 6 heteroatoms. The number of aromatic nitrogens is 3. The summed E-state index contributed by atoms with van der Waals surface area (Å²) in [5.74, 6) is 0.0605. The number of benzene rings is 2. The first-order valence-corrected chi connectivity index (χ1v) is 10.0. The summed E-state index contributed by atoms with van der Waals surface area (Å²) in [5, 5.41) is 0.508. The highest BCUT2D eigenvalue weighted by Gasteiger charge is 2.41. The Bertz CT molecular complexity index is 1290. The minimum atomic E-state index is -1.03. The fourth-order valence-corrected chi connectivity index (χ4v) is 4.43. The monoisotopic (exact) mass is 393 g/mol. The van der Waals surface area contributed by atoms with Crippen LogP contribution in [0.25, 0.3) is 21.9 Å². The molecule has 5 rings (SSSR count). The van der Waals surface area contributed by atoms with Crippen LogP contribution in [0.2, 0.25) is 0 Å². The summed E-state index contributed by atoms with van der Waals surface area (Å²) in [5.41, 5.74) is 2.02. The number of H-pyrrole nitrogens is 1. The number of para-hydroxylation sites is 2. The van der Waals surface area contributed by atoms with Crippen LogP contribution in [0.15, 0.2) is 47.3 Å². The Kier molecular flexibility index (Phi) is 4.23. The van der Waals surface area contributed by atoms with Crippen LogP contribution in [0.4, 0.5) is 8.78 Å². The van der Waals surface area contributed by atoms with E-state index < -0.39 is 17.2 Å². The van der Waals surface area contributed by atoms with E-state index in [0.29, 0.717) is 29.3 Å². The number of hydrogen-bond donors (Lipinski definition) is 1. The van der Waals surface area contributed by atoms with Crippen molar-refractivity contribution in [1.29, 1.82) is 0 Å². The van der Waals surface area contributed by atoms with E-state index in [1.807, 2.05) is 24.3 Å². The number of imidazole rings is 1. The molecule has 1 saturated carbocycles. The van der Waals surface area contributed by atoms with Crippen LogP contribution in [0.1, 0.15) is 43.5 Å². The minimum absolute atomic E-state index is 0.0891. The zero-order valence-electron chi connectivity index (χ0n) is 16.1. The van der Waals surface area contributed by atoms with Gasteiger partial charge in [0.1, 0.15) is 5.82 Å². The minimum Gasteiger partial charge on any atom is -0.323 e. The first kappa shape index (κ1) is 18.0. The summed E-state index contributed by atoms with van der Waals surface area (Å²) < 4.78 is 30.1. The van der Waals surface area contributed by atoms with Crippen molar-refractivity contribution in [2.24, 2.45) is 5.92 Å². The Morgan fingerprint density at radius 1 is 1.21 bits per heavy atom. The molecular formula is C23H21F2N3O. The van der Waals surface area contributed by atoms with Crippen molar-refractivity contribution in [2.45, 2.75) is 38.6 Å². The van der Waals surface area contributed by atoms with Gasteiger partial charge in [-0.15, -0.1) is 0 Å². The van der Waals surface area contributed by atoms with Crippen molar-refractivity contribution in [3.63, 3.8) is 0 Å². The fourth-order valence-electron chi connectivity index (χ4n) is 4.43. The number of aromatic amines is 1. The second kappa shape index (κ2) is 6.79. The Morgan fingerprint density at radius 2 is 2.03 bits per heavy atom. The SMILES string of the molecule is CCCC1CC1c1nc2ccccc2n1Cc1cc(=O)[nH]c2c(F)c(F)ccc12. The summed E-state index contributed by atoms with van der Waals surface area (Å²) in [6, 6.07) is 12.0. The molecule has 2 aromatic carbocycles. The smallest absolute Gasteiger partial charge is 0.248 e. The molecule has 2 unspecified atom stereocenters. The summed E-state index contributed by atoms with van der Waals surface area (Å²) in [6.45, 7) is 2.57. The van der Waals surface area contributed by atoms with Crippen molar-refractivity contribution in [1.82, 2.24) is 14.5 Å². The van der Waals surface area contributed by atoms with Gasteiger partial charge in [0.25, 0.3) is 0 Å². The van der Waals surface area contributed by atoms with Gasteiger partial charge in [-0.25, -0.2) is 13.8 Å². The Balaban J connectivity index is 1.66. The first-order chi connectivity index (χ1) is 14.1. The second-order valence-corrected chi connectivity index (χ2v) is 7.88. The molecule has 0 bridgehead atoms. The maximum atomic E-state index is 14.3. The molecule has 29 heavy (non-hydrogen) atoms. The van der Waals surface area contributed by atoms with Crippen molar-refractivity contribution in [3.8, 4) is 0 Å². The van der Waals surface area contributed by atoms with Crippen LogP contribution >= 0.6 is 0 Å². The molecule has 4 nitrogen and oxygen atoms in total. The molecule has 148 valence electrons. The molecule has 0 spiro atoms. The lowest BCUT2D eigenvalue weighted by Crippen LogP contribution is -2.12. The highest BCUT2D eigenvalue weighted by molar-refractivity contribution is 5.83. The Morgan fingerprint density at radius 3 is 2.86 bits per heavy atom. The van der Waals surface area contributed by atoms with Crippen LogP contribution < -0.4 is 5.56 Å². The van der Waals surface area contributed by atoms with E-state index in [-0.39, 0.29) is 5.52 Å². The van der Waals surface area contributed by atoms with E-state index >= 15 is 0 Å². The third kappa shape index (κ3) is 3.03. The van der Waals surface area contributed by atoms with Gasteiger partial charge in [-0.05, 0) is 48.6 Å². The van der Waals surface area contributed by atoms with Gasteiger partial charge >= 0.3 is 0 Å². The van der Waals surface area contributed by atoms with Gasteiger partial charge < -0.3 is 9.55 Å². The fraction of sp³-hybridized carbons (Fsp3) is 0.304. The lowest BCUT2D eigenvalue weighted by Gasteiger charge is -2.12. The molecule has 1 aliphatic rings. The van der Waals surface area contributed by atoms with Crippen molar-refractivity contribution >= 4 is 21.9 Å². The number of halogens is 2. The normalized spacial score (nSPS) is 18.6.